The van der Waals surface area contributed by atoms with Crippen molar-refractivity contribution in [2.45, 2.75) is 33.2 Å². The van der Waals surface area contributed by atoms with Gasteiger partial charge in [-0.25, -0.2) is 0 Å². The van der Waals surface area contributed by atoms with Gasteiger partial charge in [0.25, 0.3) is 0 Å². The van der Waals surface area contributed by atoms with E-state index in [9.17, 15) is 4.79 Å². The van der Waals surface area contributed by atoms with Gasteiger partial charge in [0.15, 0.2) is 11.5 Å². The largest absolute Gasteiger partial charge is 0.493 e. The van der Waals surface area contributed by atoms with Crippen molar-refractivity contribution < 1.29 is 14.3 Å². The third-order valence-corrected chi connectivity index (χ3v) is 5.37. The lowest BCUT2D eigenvalue weighted by Crippen LogP contribution is -2.32. The number of likely N-dealkylation sites (N-methyl/N-ethyl adjacent to an activating group) is 1. The highest BCUT2D eigenvalue weighted by Crippen LogP contribution is 2.28. The van der Waals surface area contributed by atoms with Crippen molar-refractivity contribution in [3.05, 3.63) is 48.0 Å². The van der Waals surface area contributed by atoms with Gasteiger partial charge in [0.2, 0.25) is 5.91 Å². The number of hydrogen-bond donors (Lipinski definition) is 1. The minimum Gasteiger partial charge on any atom is -0.493 e. The number of amides is 1. The van der Waals surface area contributed by atoms with Crippen LogP contribution in [0.5, 0.6) is 11.5 Å². The molecule has 0 saturated carbocycles. The lowest BCUT2D eigenvalue weighted by molar-refractivity contribution is -0.117. The fourth-order valence-electron chi connectivity index (χ4n) is 3.76. The van der Waals surface area contributed by atoms with Crippen LogP contribution < -0.4 is 19.7 Å². The molecule has 0 aromatic heterocycles. The molecule has 30 heavy (non-hydrogen) atoms. The summed E-state index contributed by atoms with van der Waals surface area (Å²) in [5, 5.41) is 3.01. The second kappa shape index (κ2) is 10.9. The van der Waals surface area contributed by atoms with Crippen LogP contribution in [0.4, 0.5) is 11.4 Å². The maximum Gasteiger partial charge on any atom is 0.238 e. The molecule has 162 valence electrons. The zero-order valence-corrected chi connectivity index (χ0v) is 18.3. The summed E-state index contributed by atoms with van der Waals surface area (Å²) >= 11 is 0. The van der Waals surface area contributed by atoms with E-state index < -0.39 is 0 Å². The van der Waals surface area contributed by atoms with E-state index >= 15 is 0 Å². The van der Waals surface area contributed by atoms with Gasteiger partial charge in [-0.3, -0.25) is 9.69 Å². The monoisotopic (exact) mass is 411 g/mol. The normalized spacial score (nSPS) is 13.5. The summed E-state index contributed by atoms with van der Waals surface area (Å²) < 4.78 is 11.0. The number of hydrogen-bond acceptors (Lipinski definition) is 5. The Kier molecular flexibility index (Phi) is 7.97. The number of ether oxygens (including phenoxy) is 2. The average Bonchev–Trinajstić information content (AvgIpc) is 3.30. The van der Waals surface area contributed by atoms with Gasteiger partial charge < -0.3 is 19.7 Å². The first-order chi connectivity index (χ1) is 14.6. The Morgan fingerprint density at radius 1 is 1.07 bits per heavy atom. The van der Waals surface area contributed by atoms with Crippen LogP contribution in [0.1, 0.15) is 32.3 Å². The lowest BCUT2D eigenvalue weighted by atomic mass is 10.2. The highest BCUT2D eigenvalue weighted by molar-refractivity contribution is 5.92. The fourth-order valence-corrected chi connectivity index (χ4v) is 3.76. The highest BCUT2D eigenvalue weighted by Gasteiger charge is 2.14. The van der Waals surface area contributed by atoms with E-state index in [0.717, 1.165) is 36.6 Å². The molecule has 0 radical (unpaired) electrons. The Bertz CT molecular complexity index is 817. The molecule has 1 heterocycles. The van der Waals surface area contributed by atoms with Gasteiger partial charge >= 0.3 is 0 Å². The van der Waals surface area contributed by atoms with Gasteiger partial charge in [-0.15, -0.1) is 0 Å². The summed E-state index contributed by atoms with van der Waals surface area (Å²) in [5.74, 6) is 1.44. The Hall–Kier alpha value is -2.73. The molecule has 1 aliphatic heterocycles. The number of nitrogens with one attached hydrogen (secondary N) is 1. The third-order valence-electron chi connectivity index (χ3n) is 5.37. The Morgan fingerprint density at radius 2 is 1.80 bits per heavy atom. The first-order valence-corrected chi connectivity index (χ1v) is 10.8. The molecule has 1 aliphatic rings. The summed E-state index contributed by atoms with van der Waals surface area (Å²) in [4.78, 5) is 17.1. The smallest absolute Gasteiger partial charge is 0.238 e. The van der Waals surface area contributed by atoms with Crippen LogP contribution in [0, 0.1) is 0 Å². The minimum atomic E-state index is -0.0105. The molecule has 0 atom stereocenters. The fraction of sp³-hybridized carbons (Fsp3) is 0.458. The van der Waals surface area contributed by atoms with Gasteiger partial charge in [-0.05, 0) is 68.3 Å². The maximum atomic E-state index is 12.6. The van der Waals surface area contributed by atoms with E-state index in [-0.39, 0.29) is 5.91 Å². The molecule has 1 fully saturated rings. The number of carbonyl (C=O) groups is 1. The van der Waals surface area contributed by atoms with Crippen LogP contribution in [0.3, 0.4) is 0 Å². The Balaban J connectivity index is 1.55. The van der Waals surface area contributed by atoms with Crippen molar-refractivity contribution in [2.75, 3.05) is 50.1 Å². The molecule has 6 nitrogen and oxygen atoms in total. The molecular formula is C24H33N3O3. The van der Waals surface area contributed by atoms with E-state index in [1.165, 1.54) is 18.5 Å². The average molecular weight is 412 g/mol. The molecule has 2 aromatic rings. The predicted molar refractivity (Wildman–Crippen MR) is 122 cm³/mol. The van der Waals surface area contributed by atoms with E-state index in [0.29, 0.717) is 25.4 Å². The van der Waals surface area contributed by atoms with E-state index in [4.69, 9.17) is 9.47 Å². The van der Waals surface area contributed by atoms with Gasteiger partial charge in [-0.1, -0.05) is 13.0 Å². The second-order valence-corrected chi connectivity index (χ2v) is 7.51. The topological polar surface area (TPSA) is 54.0 Å². The molecule has 1 N–H and O–H groups in total. The molecule has 1 amide bonds. The van der Waals surface area contributed by atoms with E-state index in [1.807, 2.05) is 37.3 Å². The molecule has 0 spiro atoms. The first kappa shape index (κ1) is 22.0. The molecule has 0 unspecified atom stereocenters. The lowest BCUT2D eigenvalue weighted by Gasteiger charge is -2.21. The zero-order valence-electron chi connectivity index (χ0n) is 18.3. The van der Waals surface area contributed by atoms with Crippen LogP contribution in [-0.4, -0.2) is 50.7 Å². The van der Waals surface area contributed by atoms with Gasteiger partial charge in [-0.2, -0.15) is 0 Å². The van der Waals surface area contributed by atoms with E-state index in [1.54, 1.807) is 7.11 Å². The van der Waals surface area contributed by atoms with Crippen molar-refractivity contribution >= 4 is 17.3 Å². The van der Waals surface area contributed by atoms with Gasteiger partial charge in [0, 0.05) is 31.0 Å². The van der Waals surface area contributed by atoms with Gasteiger partial charge in [0.05, 0.1) is 20.3 Å². The number of carbonyl (C=O) groups excluding carboxylic acids is 1. The zero-order chi connectivity index (χ0) is 21.3. The quantitative estimate of drug-likeness (QED) is 0.636. The summed E-state index contributed by atoms with van der Waals surface area (Å²) in [5.41, 5.74) is 3.15. The highest BCUT2D eigenvalue weighted by atomic mass is 16.5. The third kappa shape index (κ3) is 5.89. The SMILES string of the molecule is CCOc1ccc(CN(CC)CC(=O)Nc2ccc(N3CCCC3)cc2)cc1OC. The van der Waals surface area contributed by atoms with Gasteiger partial charge in [0.1, 0.15) is 0 Å². The van der Waals surface area contributed by atoms with E-state index in [2.05, 4.69) is 34.2 Å². The summed E-state index contributed by atoms with van der Waals surface area (Å²) in [6.45, 7) is 8.61. The molecule has 0 aliphatic carbocycles. The molecule has 0 bridgehead atoms. The Labute approximate surface area is 179 Å². The number of nitrogens with zero attached hydrogens (tertiary/aromatic N) is 2. The predicted octanol–water partition coefficient (Wildman–Crippen LogP) is 4.15. The molecule has 2 aromatic carbocycles. The molecule has 1 saturated heterocycles. The van der Waals surface area contributed by atoms with Crippen molar-refractivity contribution in [1.29, 1.82) is 0 Å². The van der Waals surface area contributed by atoms with Crippen LogP contribution in [-0.2, 0) is 11.3 Å². The summed E-state index contributed by atoms with van der Waals surface area (Å²) in [7, 11) is 1.64. The maximum absolute atomic E-state index is 12.6. The standard InChI is InChI=1S/C24H33N3O3/c1-4-26(17-19-8-13-22(30-5-2)23(16-19)29-3)18-24(28)25-20-9-11-21(12-10-20)27-14-6-7-15-27/h8-13,16H,4-7,14-15,17-18H2,1-3H3,(H,25,28). The number of anilines is 2. The van der Waals surface area contributed by atoms with Crippen LogP contribution >= 0.6 is 0 Å². The molecular weight excluding hydrogens is 378 g/mol. The number of rotatable bonds is 10. The Morgan fingerprint density at radius 3 is 2.43 bits per heavy atom. The first-order valence-electron chi connectivity index (χ1n) is 10.8. The van der Waals surface area contributed by atoms with Crippen molar-refractivity contribution in [3.8, 4) is 11.5 Å². The number of benzene rings is 2. The summed E-state index contributed by atoms with van der Waals surface area (Å²) in [6, 6.07) is 14.1. The second-order valence-electron chi connectivity index (χ2n) is 7.51. The minimum absolute atomic E-state index is 0.0105. The van der Waals surface area contributed by atoms with Crippen LogP contribution in [0.25, 0.3) is 0 Å². The van der Waals surface area contributed by atoms with Crippen molar-refractivity contribution in [1.82, 2.24) is 4.90 Å². The van der Waals surface area contributed by atoms with Crippen molar-refractivity contribution in [2.24, 2.45) is 0 Å². The summed E-state index contributed by atoms with van der Waals surface area (Å²) in [6.07, 6.45) is 2.51. The van der Waals surface area contributed by atoms with Crippen LogP contribution in [0.15, 0.2) is 42.5 Å². The number of methoxy groups -OCH3 is 1. The van der Waals surface area contributed by atoms with Crippen LogP contribution in [0.2, 0.25) is 0 Å². The molecule has 6 heteroatoms. The van der Waals surface area contributed by atoms with Crippen molar-refractivity contribution in [3.63, 3.8) is 0 Å². The molecule has 3 rings (SSSR count).